The number of likely N-dealkylation sites (tertiary alicyclic amines) is 1. The van der Waals surface area contributed by atoms with Crippen LogP contribution in [0.25, 0.3) is 11.4 Å². The van der Waals surface area contributed by atoms with Crippen molar-refractivity contribution >= 4 is 69.6 Å². The van der Waals surface area contributed by atoms with Crippen LogP contribution in [0.3, 0.4) is 0 Å². The Morgan fingerprint density at radius 1 is 0.755 bits per heavy atom. The number of carbonyl (C=O) groups is 2. The van der Waals surface area contributed by atoms with E-state index in [1.54, 1.807) is 47.5 Å². The molecule has 10 nitrogen and oxygen atoms in total. The van der Waals surface area contributed by atoms with Gasteiger partial charge in [0.15, 0.2) is 0 Å². The maximum absolute atomic E-state index is 11.2. The SMILES string of the molecule is CC(=O)CC1CCN(CCOc2cc(C)n(-c3ccc(Cl)c(Cl)c3)n2)C1.CC(=O)CC1CCNC1.Cc1cc(OCCCl)nn1-c1ccc(Cl)c(Cl)c1. The third kappa shape index (κ3) is 13.8. The van der Waals surface area contributed by atoms with Crippen molar-refractivity contribution in [2.45, 2.75) is 53.4 Å². The first-order chi connectivity index (χ1) is 25.3. The molecular formula is C38H47Cl5N6O4. The zero-order valence-corrected chi connectivity index (χ0v) is 34.3. The Balaban J connectivity index is 0.000000200. The van der Waals surface area contributed by atoms with Gasteiger partial charge in [-0.15, -0.1) is 21.8 Å². The molecular weight excluding hydrogens is 782 g/mol. The topological polar surface area (TPSA) is 104 Å². The number of aromatic nitrogens is 4. The molecule has 0 radical (unpaired) electrons. The first-order valence-corrected chi connectivity index (χ1v) is 19.6. The van der Waals surface area contributed by atoms with E-state index >= 15 is 0 Å². The molecule has 2 aliphatic heterocycles. The van der Waals surface area contributed by atoms with Crippen LogP contribution in [0.2, 0.25) is 20.1 Å². The standard InChI is InChI=1S/C19H23Cl2N3O2.C12H11Cl3N2O.C7H13NO/c1-13-9-19(22-24(13)16-3-4-17(20)18(21)11-16)26-8-7-23-6-5-15(12-23)10-14(2)25;1-8-6-12(18-5-4-13)16-17(8)9-2-3-10(14)11(15)7-9;1-6(9)4-7-2-3-8-5-7/h3-4,9,11,15H,5-8,10,12H2,1-2H3;2-3,6-7H,4-5H2,1H3;7-8H,2-5H2,1H3. The number of alkyl halides is 1. The predicted molar refractivity (Wildman–Crippen MR) is 214 cm³/mol. The Labute approximate surface area is 336 Å². The quantitative estimate of drug-likeness (QED) is 0.134. The van der Waals surface area contributed by atoms with Crippen molar-refractivity contribution < 1.29 is 19.1 Å². The molecule has 0 saturated carbocycles. The Hall–Kier alpha value is -2.83. The molecule has 2 aliphatic rings. The summed E-state index contributed by atoms with van der Waals surface area (Å²) in [5.74, 6) is 3.28. The van der Waals surface area contributed by atoms with Gasteiger partial charge in [-0.2, -0.15) is 0 Å². The van der Waals surface area contributed by atoms with Crippen molar-refractivity contribution in [2.24, 2.45) is 11.8 Å². The molecule has 288 valence electrons. The number of ketones is 2. The number of benzene rings is 2. The van der Waals surface area contributed by atoms with Crippen molar-refractivity contribution in [1.82, 2.24) is 29.8 Å². The minimum atomic E-state index is 0.274. The molecule has 4 heterocycles. The number of ether oxygens (including phenoxy) is 2. The fraction of sp³-hybridized carbons (Fsp3) is 0.474. The second-order valence-electron chi connectivity index (χ2n) is 13.3. The van der Waals surface area contributed by atoms with Crippen LogP contribution in [-0.4, -0.2) is 87.8 Å². The number of Topliss-reactive ketones (excluding diaryl/α,β-unsaturated/α-hetero) is 2. The van der Waals surface area contributed by atoms with E-state index in [1.807, 2.05) is 38.1 Å². The van der Waals surface area contributed by atoms with Gasteiger partial charge in [-0.05, 0) is 108 Å². The smallest absolute Gasteiger partial charge is 0.233 e. The number of aryl methyl sites for hydroxylation is 2. The first kappa shape index (κ1) is 42.9. The molecule has 0 spiro atoms. The van der Waals surface area contributed by atoms with Gasteiger partial charge in [0, 0.05) is 49.5 Å². The summed E-state index contributed by atoms with van der Waals surface area (Å²) in [6.45, 7) is 13.2. The van der Waals surface area contributed by atoms with Crippen molar-refractivity contribution in [3.63, 3.8) is 0 Å². The number of hydrogen-bond acceptors (Lipinski definition) is 8. The molecule has 0 amide bonds. The lowest BCUT2D eigenvalue weighted by Gasteiger charge is -2.15. The highest BCUT2D eigenvalue weighted by Gasteiger charge is 2.23. The molecule has 2 aromatic heterocycles. The zero-order valence-electron chi connectivity index (χ0n) is 30.5. The van der Waals surface area contributed by atoms with Crippen LogP contribution in [0.5, 0.6) is 11.8 Å². The third-order valence-electron chi connectivity index (χ3n) is 8.69. The van der Waals surface area contributed by atoms with E-state index < -0.39 is 0 Å². The molecule has 2 aromatic carbocycles. The van der Waals surface area contributed by atoms with Gasteiger partial charge in [0.25, 0.3) is 0 Å². The first-order valence-electron chi connectivity index (χ1n) is 17.6. The molecule has 2 saturated heterocycles. The second-order valence-corrected chi connectivity index (χ2v) is 15.3. The molecule has 4 aromatic rings. The largest absolute Gasteiger partial charge is 0.475 e. The third-order valence-corrected chi connectivity index (χ3v) is 10.3. The van der Waals surface area contributed by atoms with Crippen LogP contribution in [0, 0.1) is 25.7 Å². The molecule has 2 unspecified atom stereocenters. The molecule has 0 aliphatic carbocycles. The van der Waals surface area contributed by atoms with Gasteiger partial charge in [0.05, 0.1) is 37.3 Å². The summed E-state index contributed by atoms with van der Waals surface area (Å²) < 4.78 is 14.7. The zero-order chi connectivity index (χ0) is 38.5. The Morgan fingerprint density at radius 2 is 1.28 bits per heavy atom. The number of halogens is 5. The van der Waals surface area contributed by atoms with Gasteiger partial charge in [0.2, 0.25) is 11.8 Å². The fourth-order valence-corrected chi connectivity index (χ4v) is 6.86. The number of hydrogen-bond donors (Lipinski definition) is 1. The van der Waals surface area contributed by atoms with Crippen molar-refractivity contribution in [1.29, 1.82) is 0 Å². The van der Waals surface area contributed by atoms with Gasteiger partial charge < -0.3 is 24.4 Å². The summed E-state index contributed by atoms with van der Waals surface area (Å²) in [4.78, 5) is 24.1. The second kappa shape index (κ2) is 21.3. The molecule has 2 fully saturated rings. The Bertz CT molecular complexity index is 1810. The summed E-state index contributed by atoms with van der Waals surface area (Å²) in [6, 6.07) is 14.5. The van der Waals surface area contributed by atoms with E-state index in [0.29, 0.717) is 75.0 Å². The van der Waals surface area contributed by atoms with Crippen LogP contribution in [-0.2, 0) is 9.59 Å². The predicted octanol–water partition coefficient (Wildman–Crippen LogP) is 8.85. The highest BCUT2D eigenvalue weighted by Crippen LogP contribution is 2.27. The fourth-order valence-electron chi connectivity index (χ4n) is 6.20. The Morgan fingerprint density at radius 3 is 1.75 bits per heavy atom. The van der Waals surface area contributed by atoms with E-state index in [2.05, 4.69) is 20.4 Å². The van der Waals surface area contributed by atoms with Crippen LogP contribution in [0.4, 0.5) is 0 Å². The Kier molecular flexibility index (Phi) is 17.3. The monoisotopic (exact) mass is 826 g/mol. The average Bonchev–Trinajstić information content (AvgIpc) is 3.92. The normalized spacial score (nSPS) is 16.8. The van der Waals surface area contributed by atoms with Crippen molar-refractivity contribution in [3.05, 3.63) is 80.0 Å². The average molecular weight is 829 g/mol. The lowest BCUT2D eigenvalue weighted by molar-refractivity contribution is -0.118. The molecule has 53 heavy (non-hydrogen) atoms. The summed E-state index contributed by atoms with van der Waals surface area (Å²) >= 11 is 29.5. The maximum Gasteiger partial charge on any atom is 0.233 e. The van der Waals surface area contributed by atoms with Gasteiger partial charge >= 0.3 is 0 Å². The van der Waals surface area contributed by atoms with E-state index in [1.165, 1.54) is 6.42 Å². The number of nitrogens with zero attached hydrogens (tertiary/aromatic N) is 5. The summed E-state index contributed by atoms with van der Waals surface area (Å²) in [5.41, 5.74) is 3.58. The van der Waals surface area contributed by atoms with Crippen LogP contribution < -0.4 is 14.8 Å². The molecule has 6 rings (SSSR count). The van der Waals surface area contributed by atoms with Gasteiger partial charge in [-0.3, -0.25) is 4.90 Å². The van der Waals surface area contributed by atoms with Gasteiger partial charge in [-0.1, -0.05) is 46.4 Å². The van der Waals surface area contributed by atoms with Crippen molar-refractivity contribution in [3.8, 4) is 23.1 Å². The summed E-state index contributed by atoms with van der Waals surface area (Å²) in [6.07, 6.45) is 3.72. The van der Waals surface area contributed by atoms with E-state index in [9.17, 15) is 9.59 Å². The molecule has 15 heteroatoms. The molecule has 2 atom stereocenters. The van der Waals surface area contributed by atoms with E-state index in [0.717, 1.165) is 68.3 Å². The molecule has 1 N–H and O–H groups in total. The lowest BCUT2D eigenvalue weighted by atomic mass is 10.0. The van der Waals surface area contributed by atoms with Gasteiger partial charge in [0.1, 0.15) is 24.8 Å². The molecule has 0 bridgehead atoms. The minimum Gasteiger partial charge on any atom is -0.475 e. The van der Waals surface area contributed by atoms with Crippen LogP contribution in [0.1, 0.15) is 50.9 Å². The lowest BCUT2D eigenvalue weighted by Crippen LogP contribution is -2.26. The number of carbonyl (C=O) groups excluding carboxylic acids is 2. The highest BCUT2D eigenvalue weighted by atomic mass is 35.5. The minimum absolute atomic E-state index is 0.274. The maximum atomic E-state index is 11.2. The summed E-state index contributed by atoms with van der Waals surface area (Å²) in [7, 11) is 0. The van der Waals surface area contributed by atoms with E-state index in [-0.39, 0.29) is 5.78 Å². The van der Waals surface area contributed by atoms with Crippen molar-refractivity contribution in [2.75, 3.05) is 51.8 Å². The van der Waals surface area contributed by atoms with Crippen LogP contribution >= 0.6 is 58.0 Å². The van der Waals surface area contributed by atoms with Gasteiger partial charge in [-0.25, -0.2) is 9.36 Å². The van der Waals surface area contributed by atoms with E-state index in [4.69, 9.17) is 67.5 Å². The number of rotatable bonds is 13. The highest BCUT2D eigenvalue weighted by molar-refractivity contribution is 6.42. The summed E-state index contributed by atoms with van der Waals surface area (Å²) in [5, 5.41) is 14.1. The number of nitrogens with one attached hydrogen (secondary N) is 1. The van der Waals surface area contributed by atoms with Crippen LogP contribution in [0.15, 0.2) is 48.5 Å².